The molecule has 1 aromatic carbocycles. The van der Waals surface area contributed by atoms with Gasteiger partial charge in [-0.05, 0) is 23.8 Å². The number of hydrogen-bond donors (Lipinski definition) is 0. The van der Waals surface area contributed by atoms with E-state index in [-0.39, 0.29) is 0 Å². The first-order valence-corrected chi connectivity index (χ1v) is 3.93. The van der Waals surface area contributed by atoms with E-state index in [1.807, 2.05) is 18.2 Å². The summed E-state index contributed by atoms with van der Waals surface area (Å²) >= 11 is 0. The number of rotatable bonds is 0. The van der Waals surface area contributed by atoms with Crippen molar-refractivity contribution in [1.82, 2.24) is 0 Å². The van der Waals surface area contributed by atoms with E-state index in [0.717, 1.165) is 21.8 Å². The Hall–Kier alpha value is -1.90. The molecule has 0 aliphatic carbocycles. The number of hydrogen-bond acceptors (Lipinski definition) is 3. The van der Waals surface area contributed by atoms with Gasteiger partial charge in [0.05, 0.1) is 17.7 Å². The average Bonchev–Trinajstić information content (AvgIpc) is 2.61. The van der Waals surface area contributed by atoms with E-state index in [2.05, 4.69) is 0 Å². The van der Waals surface area contributed by atoms with Crippen LogP contribution in [0.15, 0.2) is 18.4 Å². The van der Waals surface area contributed by atoms with Gasteiger partial charge in [0.15, 0.2) is 12.0 Å². The molecule has 0 N–H and O–H groups in total. The maximum atomic E-state index is 5.04. The maximum Gasteiger partial charge on any atom is 0.189 e. The zero-order chi connectivity index (χ0) is 8.67. The summed E-state index contributed by atoms with van der Waals surface area (Å²) in [4.78, 5) is 9.64. The zero-order valence-corrected chi connectivity index (χ0v) is 6.69. The van der Waals surface area contributed by atoms with Crippen molar-refractivity contribution < 1.29 is 14.5 Å². The Labute approximate surface area is 74.1 Å². The lowest BCUT2D eigenvalue weighted by molar-refractivity contribution is -0.113. The molecule has 0 saturated heterocycles. The van der Waals surface area contributed by atoms with Crippen LogP contribution in [0.2, 0.25) is 0 Å². The standard InChI is InChI=1S/C10H6O3/c1-2-11-5-8-4-10-9(3-7(1)8)6-12-13-10/h1-6H. The topological polar surface area (TPSA) is 27.7 Å². The molecule has 0 spiro atoms. The molecule has 2 aliphatic rings. The third-order valence-electron chi connectivity index (χ3n) is 2.05. The molecule has 0 aromatic heterocycles. The Morgan fingerprint density at radius 3 is 3.00 bits per heavy atom. The molecular formula is C10H6O3. The second kappa shape index (κ2) is 2.29. The largest absolute Gasteiger partial charge is 0.472 e. The quantitative estimate of drug-likeness (QED) is 0.536. The van der Waals surface area contributed by atoms with Crippen molar-refractivity contribution in [3.8, 4) is 5.75 Å². The van der Waals surface area contributed by atoms with Crippen LogP contribution in [-0.4, -0.2) is 0 Å². The fourth-order valence-corrected chi connectivity index (χ4v) is 1.39. The second-order valence-electron chi connectivity index (χ2n) is 2.87. The first kappa shape index (κ1) is 6.60. The molecule has 13 heavy (non-hydrogen) atoms. The minimum absolute atomic E-state index is 0.730. The molecule has 3 rings (SSSR count). The van der Waals surface area contributed by atoms with Gasteiger partial charge in [-0.1, -0.05) is 0 Å². The summed E-state index contributed by atoms with van der Waals surface area (Å²) < 4.78 is 5.04. The van der Waals surface area contributed by atoms with Gasteiger partial charge >= 0.3 is 0 Å². The molecule has 1 aromatic rings. The fourth-order valence-electron chi connectivity index (χ4n) is 1.39. The van der Waals surface area contributed by atoms with Crippen LogP contribution >= 0.6 is 0 Å². The van der Waals surface area contributed by atoms with Gasteiger partial charge in [0, 0.05) is 5.22 Å². The zero-order valence-electron chi connectivity index (χ0n) is 6.69. The summed E-state index contributed by atoms with van der Waals surface area (Å²) in [6.45, 7) is 0. The van der Waals surface area contributed by atoms with E-state index in [9.17, 15) is 0 Å². The summed E-state index contributed by atoms with van der Waals surface area (Å²) in [7, 11) is 0. The van der Waals surface area contributed by atoms with E-state index in [4.69, 9.17) is 14.5 Å². The van der Waals surface area contributed by atoms with Crippen molar-refractivity contribution in [1.29, 1.82) is 0 Å². The summed E-state index contributed by atoms with van der Waals surface area (Å²) in [6, 6.07) is 3.88. The molecule has 2 aliphatic heterocycles. The second-order valence-corrected chi connectivity index (χ2v) is 2.87. The Kier molecular flexibility index (Phi) is 1.16. The first-order chi connectivity index (χ1) is 6.43. The van der Waals surface area contributed by atoms with Crippen LogP contribution < -0.4 is 15.3 Å². The molecule has 0 saturated carbocycles. The normalized spacial score (nSPS) is 15.4. The smallest absolute Gasteiger partial charge is 0.189 e. The highest BCUT2D eigenvalue weighted by Crippen LogP contribution is 2.09. The minimum Gasteiger partial charge on any atom is -0.472 e. The number of benzene rings is 1. The van der Waals surface area contributed by atoms with Gasteiger partial charge in [0.25, 0.3) is 0 Å². The Balaban J connectivity index is 2.39. The van der Waals surface area contributed by atoms with E-state index >= 15 is 0 Å². The van der Waals surface area contributed by atoms with Gasteiger partial charge in [-0.15, -0.1) is 0 Å². The van der Waals surface area contributed by atoms with Gasteiger partial charge in [0.1, 0.15) is 0 Å². The van der Waals surface area contributed by atoms with Crippen molar-refractivity contribution in [3.05, 3.63) is 34.4 Å². The highest BCUT2D eigenvalue weighted by Gasteiger charge is 2.08. The van der Waals surface area contributed by atoms with Crippen molar-refractivity contribution in [2.24, 2.45) is 0 Å². The van der Waals surface area contributed by atoms with Crippen molar-refractivity contribution in [2.45, 2.75) is 0 Å². The molecular weight excluding hydrogens is 168 g/mol. The molecule has 0 unspecified atom stereocenters. The molecule has 0 atom stereocenters. The lowest BCUT2D eigenvalue weighted by Gasteiger charge is -2.02. The summed E-state index contributed by atoms with van der Waals surface area (Å²) in [5.41, 5.74) is 1.11. The summed E-state index contributed by atoms with van der Waals surface area (Å²) in [5.74, 6) is 0.730. The van der Waals surface area contributed by atoms with Crippen LogP contribution in [0.5, 0.6) is 5.75 Å². The minimum atomic E-state index is 0.730. The molecule has 0 radical (unpaired) electrons. The van der Waals surface area contributed by atoms with Gasteiger partial charge < -0.3 is 4.74 Å². The van der Waals surface area contributed by atoms with E-state index in [0.29, 0.717) is 0 Å². The van der Waals surface area contributed by atoms with Crippen LogP contribution in [0.4, 0.5) is 0 Å². The molecule has 0 bridgehead atoms. The molecule has 0 amide bonds. The van der Waals surface area contributed by atoms with Crippen LogP contribution in [-0.2, 0) is 9.62 Å². The fraction of sp³-hybridized carbons (Fsp3) is 0. The van der Waals surface area contributed by atoms with E-state index in [1.54, 1.807) is 18.8 Å². The third-order valence-corrected chi connectivity index (χ3v) is 2.05. The van der Waals surface area contributed by atoms with Gasteiger partial charge in [-0.2, -0.15) is 0 Å². The van der Waals surface area contributed by atoms with Gasteiger partial charge in [-0.25, -0.2) is 0 Å². The summed E-state index contributed by atoms with van der Waals surface area (Å²) in [6.07, 6.45) is 6.81. The Bertz CT molecular complexity index is 500. The molecule has 3 heteroatoms. The highest BCUT2D eigenvalue weighted by atomic mass is 17.2. The predicted octanol–water partition coefficient (Wildman–Crippen LogP) is 0.488. The first-order valence-electron chi connectivity index (χ1n) is 3.93. The highest BCUT2D eigenvalue weighted by molar-refractivity contribution is 5.56. The van der Waals surface area contributed by atoms with Crippen LogP contribution in [0.3, 0.4) is 0 Å². The van der Waals surface area contributed by atoms with Crippen molar-refractivity contribution >= 4 is 18.6 Å². The number of fused-ring (bicyclic) bond motifs is 2. The molecule has 64 valence electrons. The Morgan fingerprint density at radius 1 is 1.00 bits per heavy atom. The molecule has 2 heterocycles. The van der Waals surface area contributed by atoms with Gasteiger partial charge in [0.2, 0.25) is 0 Å². The third kappa shape index (κ3) is 0.902. The average molecular weight is 174 g/mol. The molecule has 0 fully saturated rings. The van der Waals surface area contributed by atoms with Crippen LogP contribution in [0.25, 0.3) is 18.6 Å². The van der Waals surface area contributed by atoms with Crippen LogP contribution in [0, 0.1) is 0 Å². The monoisotopic (exact) mass is 174 g/mol. The summed E-state index contributed by atoms with van der Waals surface area (Å²) in [5, 5.41) is 1.96. The van der Waals surface area contributed by atoms with Crippen molar-refractivity contribution in [3.63, 3.8) is 0 Å². The maximum absolute atomic E-state index is 5.04. The van der Waals surface area contributed by atoms with E-state index < -0.39 is 0 Å². The van der Waals surface area contributed by atoms with Gasteiger partial charge in [-0.3, -0.25) is 9.78 Å². The van der Waals surface area contributed by atoms with E-state index in [1.165, 1.54) is 0 Å². The number of ether oxygens (including phenoxy) is 1. The van der Waals surface area contributed by atoms with Crippen LogP contribution in [0.1, 0.15) is 5.56 Å². The molecule has 3 nitrogen and oxygen atoms in total. The van der Waals surface area contributed by atoms with Crippen molar-refractivity contribution in [2.75, 3.05) is 0 Å². The Morgan fingerprint density at radius 2 is 2.00 bits per heavy atom. The lowest BCUT2D eigenvalue weighted by atomic mass is 10.1. The SMILES string of the molecule is C1=Cc2cc3c(cc2=CO1)OOC=3. The predicted molar refractivity (Wildman–Crippen MR) is 46.5 cm³/mol. The lowest BCUT2D eigenvalue weighted by Crippen LogP contribution is -2.14.